The van der Waals surface area contributed by atoms with Crippen molar-refractivity contribution < 1.29 is 4.42 Å². The van der Waals surface area contributed by atoms with Crippen LogP contribution in [0.5, 0.6) is 0 Å². The minimum absolute atomic E-state index is 0.559. The molecule has 0 bridgehead atoms. The summed E-state index contributed by atoms with van der Waals surface area (Å²) < 4.78 is 5.84. The van der Waals surface area contributed by atoms with E-state index in [-0.39, 0.29) is 0 Å². The monoisotopic (exact) mass is 364 g/mol. The lowest BCUT2D eigenvalue weighted by Gasteiger charge is -2.25. The first kappa shape index (κ1) is 15.4. The van der Waals surface area contributed by atoms with E-state index in [0.717, 1.165) is 35.3 Å². The molecule has 5 rings (SSSR count). The Morgan fingerprint density at radius 3 is 2.92 bits per heavy atom. The van der Waals surface area contributed by atoms with Crippen molar-refractivity contribution in [3.8, 4) is 11.5 Å². The number of nitrogens with two attached hydrogens (primary N) is 1. The Balaban J connectivity index is 1.36. The standard InChI is InChI=1S/C18H16N6OS/c19-16-15-12-6-7-24(8-13(12)26-18(15)21-10-20-16)9-14-22-23-17(25-14)11-4-2-1-3-5-11/h1-5,10H,6-9H2,(H2,19,20,21). The van der Waals surface area contributed by atoms with Crippen LogP contribution in [-0.4, -0.2) is 31.6 Å². The zero-order valence-corrected chi connectivity index (χ0v) is 14.7. The third-order valence-corrected chi connectivity index (χ3v) is 5.72. The second-order valence-electron chi connectivity index (χ2n) is 6.27. The van der Waals surface area contributed by atoms with Crippen LogP contribution >= 0.6 is 11.3 Å². The summed E-state index contributed by atoms with van der Waals surface area (Å²) in [6.45, 7) is 2.38. The van der Waals surface area contributed by atoms with E-state index in [1.807, 2.05) is 30.3 Å². The average molecular weight is 364 g/mol. The number of aromatic nitrogens is 4. The topological polar surface area (TPSA) is 94.0 Å². The minimum Gasteiger partial charge on any atom is -0.419 e. The molecule has 130 valence electrons. The van der Waals surface area contributed by atoms with Crippen LogP contribution in [0, 0.1) is 0 Å². The largest absolute Gasteiger partial charge is 0.419 e. The molecular formula is C18H16N6OS. The van der Waals surface area contributed by atoms with E-state index >= 15 is 0 Å². The number of hydrogen-bond donors (Lipinski definition) is 1. The first-order chi connectivity index (χ1) is 12.8. The van der Waals surface area contributed by atoms with Gasteiger partial charge >= 0.3 is 0 Å². The first-order valence-corrected chi connectivity index (χ1v) is 9.20. The summed E-state index contributed by atoms with van der Waals surface area (Å²) in [7, 11) is 0. The van der Waals surface area contributed by atoms with Crippen molar-refractivity contribution in [2.75, 3.05) is 12.3 Å². The zero-order chi connectivity index (χ0) is 17.5. The second kappa shape index (κ2) is 6.15. The van der Waals surface area contributed by atoms with Crippen molar-refractivity contribution in [3.63, 3.8) is 0 Å². The molecule has 4 heterocycles. The summed E-state index contributed by atoms with van der Waals surface area (Å²) in [6, 6.07) is 9.82. The molecule has 0 unspecified atom stereocenters. The van der Waals surface area contributed by atoms with Crippen molar-refractivity contribution in [3.05, 3.63) is 53.0 Å². The molecule has 0 amide bonds. The first-order valence-electron chi connectivity index (χ1n) is 8.39. The van der Waals surface area contributed by atoms with Gasteiger partial charge in [0, 0.05) is 23.5 Å². The van der Waals surface area contributed by atoms with Crippen molar-refractivity contribution in [1.29, 1.82) is 0 Å². The van der Waals surface area contributed by atoms with Gasteiger partial charge in [0.1, 0.15) is 17.0 Å². The maximum atomic E-state index is 6.05. The SMILES string of the molecule is Nc1ncnc2sc3c(c12)CCN(Cc1nnc(-c2ccccc2)o1)C3. The van der Waals surface area contributed by atoms with Crippen LogP contribution in [0.15, 0.2) is 41.1 Å². The molecule has 2 N–H and O–H groups in total. The van der Waals surface area contributed by atoms with E-state index in [4.69, 9.17) is 10.2 Å². The molecule has 0 radical (unpaired) electrons. The van der Waals surface area contributed by atoms with Gasteiger partial charge in [0.15, 0.2) is 0 Å². The predicted octanol–water partition coefficient (Wildman–Crippen LogP) is 2.88. The molecule has 1 aliphatic heterocycles. The Labute approximate surface area is 153 Å². The molecule has 0 aliphatic carbocycles. The summed E-state index contributed by atoms with van der Waals surface area (Å²) in [5, 5.41) is 9.39. The van der Waals surface area contributed by atoms with Gasteiger partial charge in [-0.1, -0.05) is 18.2 Å². The quantitative estimate of drug-likeness (QED) is 0.597. The Hall–Kier alpha value is -2.84. The zero-order valence-electron chi connectivity index (χ0n) is 13.9. The molecule has 1 aromatic carbocycles. The van der Waals surface area contributed by atoms with Gasteiger partial charge in [-0.15, -0.1) is 21.5 Å². The number of nitrogen functional groups attached to an aromatic ring is 1. The molecule has 0 atom stereocenters. The van der Waals surface area contributed by atoms with E-state index in [1.165, 1.54) is 16.8 Å². The summed E-state index contributed by atoms with van der Waals surface area (Å²) >= 11 is 1.69. The number of fused-ring (bicyclic) bond motifs is 3. The molecule has 0 saturated heterocycles. The number of hydrogen-bond acceptors (Lipinski definition) is 8. The van der Waals surface area contributed by atoms with Crippen LogP contribution in [0.3, 0.4) is 0 Å². The van der Waals surface area contributed by atoms with Crippen molar-refractivity contribution in [1.82, 2.24) is 25.1 Å². The van der Waals surface area contributed by atoms with Gasteiger partial charge in [-0.05, 0) is 24.1 Å². The van der Waals surface area contributed by atoms with Crippen LogP contribution in [0.1, 0.15) is 16.3 Å². The number of nitrogens with zero attached hydrogens (tertiary/aromatic N) is 5. The van der Waals surface area contributed by atoms with Gasteiger partial charge in [-0.25, -0.2) is 9.97 Å². The number of rotatable bonds is 3. The molecular weight excluding hydrogens is 348 g/mol. The van der Waals surface area contributed by atoms with E-state index < -0.39 is 0 Å². The highest BCUT2D eigenvalue weighted by Crippen LogP contribution is 2.36. The van der Waals surface area contributed by atoms with Gasteiger partial charge in [0.05, 0.1) is 11.9 Å². The fourth-order valence-electron chi connectivity index (χ4n) is 3.35. The highest BCUT2D eigenvalue weighted by molar-refractivity contribution is 7.18. The molecule has 3 aromatic heterocycles. The highest BCUT2D eigenvalue weighted by atomic mass is 32.1. The van der Waals surface area contributed by atoms with Crippen LogP contribution < -0.4 is 5.73 Å². The van der Waals surface area contributed by atoms with Crippen LogP contribution in [0.25, 0.3) is 21.7 Å². The highest BCUT2D eigenvalue weighted by Gasteiger charge is 2.24. The van der Waals surface area contributed by atoms with Crippen molar-refractivity contribution in [2.24, 2.45) is 0 Å². The lowest BCUT2D eigenvalue weighted by molar-refractivity contribution is 0.225. The van der Waals surface area contributed by atoms with E-state index in [1.54, 1.807) is 11.3 Å². The average Bonchev–Trinajstić information content (AvgIpc) is 3.27. The van der Waals surface area contributed by atoms with E-state index in [2.05, 4.69) is 25.1 Å². The summed E-state index contributed by atoms with van der Waals surface area (Å²) in [6.07, 6.45) is 2.45. The third-order valence-electron chi connectivity index (χ3n) is 4.59. The fourth-order valence-corrected chi connectivity index (χ4v) is 4.58. The van der Waals surface area contributed by atoms with Crippen molar-refractivity contribution >= 4 is 27.4 Å². The Morgan fingerprint density at radius 1 is 1.15 bits per heavy atom. The summed E-state index contributed by atoms with van der Waals surface area (Å²) in [4.78, 5) is 13.1. The van der Waals surface area contributed by atoms with Crippen LogP contribution in [0.2, 0.25) is 0 Å². The fraction of sp³-hybridized carbons (Fsp3) is 0.222. The molecule has 4 aromatic rings. The van der Waals surface area contributed by atoms with E-state index in [9.17, 15) is 0 Å². The maximum Gasteiger partial charge on any atom is 0.247 e. The smallest absolute Gasteiger partial charge is 0.247 e. The van der Waals surface area contributed by atoms with Gasteiger partial charge in [0.25, 0.3) is 0 Å². The van der Waals surface area contributed by atoms with Gasteiger partial charge < -0.3 is 10.2 Å². The van der Waals surface area contributed by atoms with Gasteiger partial charge in [-0.2, -0.15) is 0 Å². The van der Waals surface area contributed by atoms with Gasteiger partial charge in [0.2, 0.25) is 11.8 Å². The van der Waals surface area contributed by atoms with E-state index in [0.29, 0.717) is 24.1 Å². The summed E-state index contributed by atoms with van der Waals surface area (Å²) in [5.41, 5.74) is 8.27. The Bertz CT molecular complexity index is 1070. The number of benzene rings is 1. The predicted molar refractivity (Wildman–Crippen MR) is 99.4 cm³/mol. The third kappa shape index (κ3) is 2.63. The molecule has 8 heteroatoms. The summed E-state index contributed by atoms with van der Waals surface area (Å²) in [5.74, 6) is 1.77. The molecule has 1 aliphatic rings. The number of thiophene rings is 1. The van der Waals surface area contributed by atoms with Crippen LogP contribution in [0.4, 0.5) is 5.82 Å². The normalized spacial score (nSPS) is 14.6. The molecule has 0 saturated carbocycles. The van der Waals surface area contributed by atoms with Crippen molar-refractivity contribution in [2.45, 2.75) is 19.5 Å². The lowest BCUT2D eigenvalue weighted by atomic mass is 10.1. The minimum atomic E-state index is 0.559. The molecule has 26 heavy (non-hydrogen) atoms. The second-order valence-corrected chi connectivity index (χ2v) is 7.35. The Kier molecular flexibility index (Phi) is 3.65. The molecule has 0 fully saturated rings. The number of anilines is 1. The van der Waals surface area contributed by atoms with Crippen LogP contribution in [-0.2, 0) is 19.5 Å². The Morgan fingerprint density at radius 2 is 2.04 bits per heavy atom. The van der Waals surface area contributed by atoms with Gasteiger partial charge in [-0.3, -0.25) is 4.90 Å². The lowest BCUT2D eigenvalue weighted by Crippen LogP contribution is -2.29. The molecule has 0 spiro atoms. The maximum absolute atomic E-state index is 6.05. The molecule has 7 nitrogen and oxygen atoms in total.